The van der Waals surface area contributed by atoms with Crippen molar-refractivity contribution in [3.05, 3.63) is 56.5 Å². The minimum Gasteiger partial charge on any atom is -0.277 e. The Balaban J connectivity index is 2.04. The van der Waals surface area contributed by atoms with Gasteiger partial charge in [0.15, 0.2) is 0 Å². The lowest BCUT2D eigenvalue weighted by atomic mass is 10.1. The molecule has 1 aromatic carbocycles. The smallest absolute Gasteiger partial charge is 0.277 e. The lowest BCUT2D eigenvalue weighted by molar-refractivity contribution is -0.116. The largest absolute Gasteiger partial charge is 0.277 e. The number of anilines is 1. The van der Waals surface area contributed by atoms with Gasteiger partial charge in [0.25, 0.3) is 11.3 Å². The van der Waals surface area contributed by atoms with Crippen molar-refractivity contribution in [3.63, 3.8) is 0 Å². The summed E-state index contributed by atoms with van der Waals surface area (Å²) in [5.41, 5.74) is 1.96. The summed E-state index contributed by atoms with van der Waals surface area (Å²) in [5.74, 6) is 0.294. The fourth-order valence-corrected chi connectivity index (χ4v) is 3.13. The third-order valence-electron chi connectivity index (χ3n) is 4.49. The van der Waals surface area contributed by atoms with E-state index in [2.05, 4.69) is 22.0 Å². The number of nitrogens with one attached hydrogen (secondary N) is 1. The molecule has 0 aliphatic rings. The summed E-state index contributed by atoms with van der Waals surface area (Å²) in [6, 6.07) is 7.30. The Morgan fingerprint density at radius 3 is 2.70 bits per heavy atom. The quantitative estimate of drug-likeness (QED) is 0.703. The van der Waals surface area contributed by atoms with Crippen LogP contribution in [0.3, 0.4) is 0 Å². The highest BCUT2D eigenvalue weighted by molar-refractivity contribution is 6.31. The van der Waals surface area contributed by atoms with Crippen molar-refractivity contribution in [2.24, 2.45) is 0 Å². The second-order valence-corrected chi connectivity index (χ2v) is 6.87. The number of nitrogens with zero attached hydrogens (tertiary/aromatic N) is 4. The van der Waals surface area contributed by atoms with Gasteiger partial charge in [0.1, 0.15) is 0 Å². The number of carbonyl (C=O) groups excluding carboxylic acids is 1. The molecule has 0 radical (unpaired) electrons. The number of H-pyrrole nitrogens is 1. The minimum atomic E-state index is -0.218. The SMILES string of the molecule is CCCCc1c(C)nc2nc(N(Cc3ccccc3Cl)C(C)=O)[nH]n2c1=O. The number of aromatic amines is 1. The number of hydrogen-bond acceptors (Lipinski definition) is 4. The fourth-order valence-electron chi connectivity index (χ4n) is 2.94. The average molecular weight is 388 g/mol. The molecule has 0 saturated carbocycles. The second kappa shape index (κ2) is 7.92. The van der Waals surface area contributed by atoms with Gasteiger partial charge in [0.05, 0.1) is 12.2 Å². The van der Waals surface area contributed by atoms with Gasteiger partial charge in [-0.3, -0.25) is 19.6 Å². The van der Waals surface area contributed by atoms with E-state index in [4.69, 9.17) is 11.6 Å². The number of amides is 1. The molecule has 2 aromatic heterocycles. The van der Waals surface area contributed by atoms with Gasteiger partial charge in [-0.15, -0.1) is 0 Å². The number of benzene rings is 1. The lowest BCUT2D eigenvalue weighted by Gasteiger charge is -2.18. The molecule has 142 valence electrons. The maximum Gasteiger partial charge on any atom is 0.277 e. The van der Waals surface area contributed by atoms with E-state index < -0.39 is 0 Å². The molecule has 0 bridgehead atoms. The summed E-state index contributed by atoms with van der Waals surface area (Å²) in [4.78, 5) is 35.2. The summed E-state index contributed by atoms with van der Waals surface area (Å²) in [7, 11) is 0. The predicted octanol–water partition coefficient (Wildman–Crippen LogP) is 3.28. The molecule has 2 heterocycles. The number of aromatic nitrogens is 4. The van der Waals surface area contributed by atoms with Gasteiger partial charge in [-0.2, -0.15) is 9.50 Å². The van der Waals surface area contributed by atoms with Gasteiger partial charge < -0.3 is 0 Å². The molecule has 1 amide bonds. The second-order valence-electron chi connectivity index (χ2n) is 6.46. The normalized spacial score (nSPS) is 11.1. The molecule has 0 spiro atoms. The van der Waals surface area contributed by atoms with Crippen molar-refractivity contribution >= 4 is 29.2 Å². The van der Waals surface area contributed by atoms with E-state index >= 15 is 0 Å². The zero-order chi connectivity index (χ0) is 19.6. The molecular weight excluding hydrogens is 366 g/mol. The number of aryl methyl sites for hydroxylation is 1. The zero-order valence-corrected chi connectivity index (χ0v) is 16.4. The number of halogens is 1. The first-order valence-electron chi connectivity index (χ1n) is 8.92. The Morgan fingerprint density at radius 1 is 1.30 bits per heavy atom. The van der Waals surface area contributed by atoms with Crippen LogP contribution in [-0.2, 0) is 17.8 Å². The zero-order valence-electron chi connectivity index (χ0n) is 15.6. The summed E-state index contributed by atoms with van der Waals surface area (Å²) in [6.45, 7) is 5.57. The Labute approximate surface area is 162 Å². The summed E-state index contributed by atoms with van der Waals surface area (Å²) in [6.07, 6.45) is 2.57. The molecule has 0 saturated heterocycles. The van der Waals surface area contributed by atoms with Crippen LogP contribution in [0.5, 0.6) is 0 Å². The van der Waals surface area contributed by atoms with Crippen LogP contribution in [-0.4, -0.2) is 25.5 Å². The maximum atomic E-state index is 12.8. The summed E-state index contributed by atoms with van der Waals surface area (Å²) in [5, 5.41) is 3.48. The van der Waals surface area contributed by atoms with Crippen LogP contribution in [0.2, 0.25) is 5.02 Å². The van der Waals surface area contributed by atoms with E-state index in [0.29, 0.717) is 22.7 Å². The molecule has 7 nitrogen and oxygen atoms in total. The first-order valence-corrected chi connectivity index (χ1v) is 9.30. The van der Waals surface area contributed by atoms with Crippen LogP contribution in [0.1, 0.15) is 43.5 Å². The van der Waals surface area contributed by atoms with E-state index in [-0.39, 0.29) is 29.7 Å². The van der Waals surface area contributed by atoms with Gasteiger partial charge in [-0.1, -0.05) is 43.1 Å². The van der Waals surface area contributed by atoms with E-state index in [1.165, 1.54) is 16.3 Å². The van der Waals surface area contributed by atoms with Crippen molar-refractivity contribution < 1.29 is 4.79 Å². The summed E-state index contributed by atoms with van der Waals surface area (Å²) >= 11 is 6.22. The van der Waals surface area contributed by atoms with Crippen LogP contribution in [0, 0.1) is 6.92 Å². The van der Waals surface area contributed by atoms with Crippen molar-refractivity contribution in [2.75, 3.05) is 4.90 Å². The van der Waals surface area contributed by atoms with Crippen LogP contribution < -0.4 is 10.5 Å². The average Bonchev–Trinajstić information content (AvgIpc) is 3.04. The molecule has 8 heteroatoms. The van der Waals surface area contributed by atoms with E-state index in [0.717, 1.165) is 18.4 Å². The molecule has 0 aliphatic heterocycles. The molecular formula is C19H22ClN5O2. The van der Waals surface area contributed by atoms with Crippen LogP contribution >= 0.6 is 11.6 Å². The minimum absolute atomic E-state index is 0.175. The van der Waals surface area contributed by atoms with Crippen molar-refractivity contribution in [1.29, 1.82) is 0 Å². The standard InChI is InChI=1S/C19H22ClN5O2/c1-4-5-9-15-12(2)21-18-22-19(23-25(18)17(15)27)24(13(3)26)11-14-8-6-7-10-16(14)20/h6-8,10H,4-5,9,11H2,1-3H3,(H,21,22,23). The molecule has 0 fully saturated rings. The monoisotopic (exact) mass is 387 g/mol. The lowest BCUT2D eigenvalue weighted by Crippen LogP contribution is -2.29. The van der Waals surface area contributed by atoms with Gasteiger partial charge in [-0.25, -0.2) is 4.98 Å². The number of fused-ring (bicyclic) bond motifs is 1. The molecule has 3 rings (SSSR count). The third kappa shape index (κ3) is 3.88. The molecule has 3 aromatic rings. The third-order valence-corrected chi connectivity index (χ3v) is 4.85. The molecule has 0 atom stereocenters. The molecule has 1 N–H and O–H groups in total. The highest BCUT2D eigenvalue weighted by atomic mass is 35.5. The maximum absolute atomic E-state index is 12.8. The van der Waals surface area contributed by atoms with Gasteiger partial charge in [-0.05, 0) is 31.4 Å². The number of rotatable bonds is 6. The first-order chi connectivity index (χ1) is 12.9. The van der Waals surface area contributed by atoms with Crippen molar-refractivity contribution in [1.82, 2.24) is 19.6 Å². The van der Waals surface area contributed by atoms with E-state index in [1.54, 1.807) is 6.07 Å². The van der Waals surface area contributed by atoms with Gasteiger partial charge in [0.2, 0.25) is 11.9 Å². The predicted molar refractivity (Wildman–Crippen MR) is 105 cm³/mol. The highest BCUT2D eigenvalue weighted by Gasteiger charge is 2.20. The van der Waals surface area contributed by atoms with Crippen LogP contribution in [0.25, 0.3) is 5.78 Å². The van der Waals surface area contributed by atoms with Gasteiger partial charge >= 0.3 is 0 Å². The Morgan fingerprint density at radius 2 is 2.04 bits per heavy atom. The number of hydrogen-bond donors (Lipinski definition) is 1. The Bertz CT molecular complexity index is 1040. The number of carbonyl (C=O) groups is 1. The topological polar surface area (TPSA) is 83.4 Å². The van der Waals surface area contributed by atoms with E-state index in [1.807, 2.05) is 25.1 Å². The summed E-state index contributed by atoms with van der Waals surface area (Å²) < 4.78 is 1.30. The number of unbranched alkanes of at least 4 members (excludes halogenated alkanes) is 1. The highest BCUT2D eigenvalue weighted by Crippen LogP contribution is 2.20. The van der Waals surface area contributed by atoms with Gasteiger partial charge in [0, 0.05) is 17.5 Å². The van der Waals surface area contributed by atoms with Crippen LogP contribution in [0.4, 0.5) is 5.95 Å². The Hall–Kier alpha value is -2.67. The molecule has 0 aliphatic carbocycles. The molecule has 0 unspecified atom stereocenters. The first kappa shape index (κ1) is 19.1. The van der Waals surface area contributed by atoms with Crippen molar-refractivity contribution in [3.8, 4) is 0 Å². The fraction of sp³-hybridized carbons (Fsp3) is 0.368. The van der Waals surface area contributed by atoms with E-state index in [9.17, 15) is 9.59 Å². The van der Waals surface area contributed by atoms with Crippen LogP contribution in [0.15, 0.2) is 29.1 Å². The Kier molecular flexibility index (Phi) is 5.60. The van der Waals surface area contributed by atoms with Crippen molar-refractivity contribution in [2.45, 2.75) is 46.6 Å². The molecule has 27 heavy (non-hydrogen) atoms.